The quantitative estimate of drug-likeness (QED) is 0.812. The van der Waals surface area contributed by atoms with Crippen LogP contribution in [0.2, 0.25) is 0 Å². The maximum atomic E-state index is 10.1. The van der Waals surface area contributed by atoms with E-state index in [4.69, 9.17) is 10.5 Å². The molecule has 0 radical (unpaired) electrons. The number of nitrogen functional groups attached to an aromatic ring is 1. The smallest absolute Gasteiger partial charge is 0.119 e. The molecule has 1 fully saturated rings. The minimum Gasteiger partial charge on any atom is -0.491 e. The Hall–Kier alpha value is -0.910. The molecule has 0 aliphatic carbocycles. The first-order chi connectivity index (χ1) is 9.56. The lowest BCUT2D eigenvalue weighted by atomic mass is 10.2. The number of hydrogen-bond acceptors (Lipinski definition) is 5. The lowest BCUT2D eigenvalue weighted by Crippen LogP contribution is -2.48. The maximum absolute atomic E-state index is 10.1. The van der Waals surface area contributed by atoms with E-state index in [1.807, 2.05) is 23.9 Å². The van der Waals surface area contributed by atoms with Gasteiger partial charge in [-0.05, 0) is 31.2 Å². The zero-order chi connectivity index (χ0) is 14.5. The summed E-state index contributed by atoms with van der Waals surface area (Å²) in [5.74, 6) is 1.88. The van der Waals surface area contributed by atoms with Gasteiger partial charge < -0.3 is 15.6 Å². The van der Waals surface area contributed by atoms with E-state index in [0.29, 0.717) is 30.1 Å². The number of anilines is 1. The monoisotopic (exact) mass is 296 g/mol. The van der Waals surface area contributed by atoms with Gasteiger partial charge in [-0.2, -0.15) is 11.8 Å². The third-order valence-electron chi connectivity index (χ3n) is 3.78. The van der Waals surface area contributed by atoms with Crippen LogP contribution in [0.1, 0.15) is 13.8 Å². The van der Waals surface area contributed by atoms with Crippen molar-refractivity contribution in [2.45, 2.75) is 31.2 Å². The summed E-state index contributed by atoms with van der Waals surface area (Å²) in [5.41, 5.74) is 6.34. The normalized spacial score (nSPS) is 25.4. The number of ether oxygens (including phenoxy) is 1. The second-order valence-corrected chi connectivity index (χ2v) is 6.83. The average molecular weight is 296 g/mol. The molecule has 20 heavy (non-hydrogen) atoms. The Kier molecular flexibility index (Phi) is 5.57. The van der Waals surface area contributed by atoms with Gasteiger partial charge in [-0.1, -0.05) is 6.92 Å². The molecular formula is C15H24N2O2S. The summed E-state index contributed by atoms with van der Waals surface area (Å²) in [4.78, 5) is 2.35. The number of benzene rings is 1. The first-order valence-corrected chi connectivity index (χ1v) is 8.13. The molecule has 4 nitrogen and oxygen atoms in total. The minimum atomic E-state index is -0.467. The first-order valence-electron chi connectivity index (χ1n) is 7.08. The van der Waals surface area contributed by atoms with E-state index in [-0.39, 0.29) is 0 Å². The van der Waals surface area contributed by atoms with E-state index in [1.165, 1.54) is 0 Å². The standard InChI is InChI=1S/C15H24N2O2S/c1-11-12(2)20-8-7-17(11)9-14(18)10-19-15-5-3-13(16)4-6-15/h3-6,11-12,14,18H,7-10,16H2,1-2H3. The Balaban J connectivity index is 1.77. The third kappa shape index (κ3) is 4.30. The van der Waals surface area contributed by atoms with Crippen molar-refractivity contribution in [1.82, 2.24) is 4.90 Å². The highest BCUT2D eigenvalue weighted by atomic mass is 32.2. The van der Waals surface area contributed by atoms with E-state index >= 15 is 0 Å². The Morgan fingerprint density at radius 1 is 1.40 bits per heavy atom. The van der Waals surface area contributed by atoms with Crippen LogP contribution in [-0.4, -0.2) is 52.9 Å². The predicted molar refractivity (Wildman–Crippen MR) is 85.3 cm³/mol. The van der Waals surface area contributed by atoms with Crippen LogP contribution in [0.4, 0.5) is 5.69 Å². The lowest BCUT2D eigenvalue weighted by molar-refractivity contribution is 0.0561. The molecule has 0 bridgehead atoms. The van der Waals surface area contributed by atoms with Crippen molar-refractivity contribution in [2.75, 3.05) is 31.2 Å². The molecule has 0 spiro atoms. The van der Waals surface area contributed by atoms with Crippen molar-refractivity contribution in [1.29, 1.82) is 0 Å². The van der Waals surface area contributed by atoms with Gasteiger partial charge in [0.25, 0.3) is 0 Å². The second-order valence-electron chi connectivity index (χ2n) is 5.35. The summed E-state index contributed by atoms with van der Waals surface area (Å²) in [6, 6.07) is 7.75. The summed E-state index contributed by atoms with van der Waals surface area (Å²) in [7, 11) is 0. The molecule has 5 heteroatoms. The van der Waals surface area contributed by atoms with E-state index in [1.54, 1.807) is 12.1 Å². The fourth-order valence-electron chi connectivity index (χ4n) is 2.33. The van der Waals surface area contributed by atoms with Crippen LogP contribution in [0, 0.1) is 0 Å². The highest BCUT2D eigenvalue weighted by Crippen LogP contribution is 2.24. The fourth-order valence-corrected chi connectivity index (χ4v) is 3.50. The van der Waals surface area contributed by atoms with Crippen LogP contribution in [0.15, 0.2) is 24.3 Å². The molecule has 2 rings (SSSR count). The maximum Gasteiger partial charge on any atom is 0.119 e. The molecule has 1 aliphatic rings. The predicted octanol–water partition coefficient (Wildman–Crippen LogP) is 1.83. The van der Waals surface area contributed by atoms with Crippen LogP contribution in [0.3, 0.4) is 0 Å². The van der Waals surface area contributed by atoms with Crippen molar-refractivity contribution in [3.05, 3.63) is 24.3 Å². The number of nitrogens with two attached hydrogens (primary N) is 1. The summed E-state index contributed by atoms with van der Waals surface area (Å²) in [6.45, 7) is 6.49. The van der Waals surface area contributed by atoms with Crippen molar-refractivity contribution in [3.8, 4) is 5.75 Å². The van der Waals surface area contributed by atoms with Crippen LogP contribution in [0.5, 0.6) is 5.75 Å². The van der Waals surface area contributed by atoms with Crippen molar-refractivity contribution in [2.24, 2.45) is 0 Å². The van der Waals surface area contributed by atoms with Gasteiger partial charge in [0.05, 0.1) is 0 Å². The van der Waals surface area contributed by atoms with Crippen LogP contribution in [-0.2, 0) is 0 Å². The van der Waals surface area contributed by atoms with Crippen LogP contribution < -0.4 is 10.5 Å². The van der Waals surface area contributed by atoms with Crippen LogP contribution in [0.25, 0.3) is 0 Å². The topological polar surface area (TPSA) is 58.7 Å². The molecule has 1 aromatic rings. The first kappa shape index (κ1) is 15.5. The molecule has 1 heterocycles. The Bertz CT molecular complexity index is 413. The lowest BCUT2D eigenvalue weighted by Gasteiger charge is -2.38. The molecule has 1 aromatic carbocycles. The van der Waals surface area contributed by atoms with E-state index in [9.17, 15) is 5.11 Å². The molecular weight excluding hydrogens is 272 g/mol. The number of rotatable bonds is 5. The number of nitrogens with zero attached hydrogens (tertiary/aromatic N) is 1. The molecule has 0 amide bonds. The molecule has 0 saturated carbocycles. The van der Waals surface area contributed by atoms with Gasteiger partial charge in [-0.3, -0.25) is 4.90 Å². The molecule has 112 valence electrons. The summed E-state index contributed by atoms with van der Waals surface area (Å²) >= 11 is 2.00. The Morgan fingerprint density at radius 2 is 2.10 bits per heavy atom. The summed E-state index contributed by atoms with van der Waals surface area (Å²) < 4.78 is 5.59. The van der Waals surface area contributed by atoms with Gasteiger partial charge in [0, 0.05) is 35.8 Å². The number of aliphatic hydroxyl groups excluding tert-OH is 1. The average Bonchev–Trinajstić information content (AvgIpc) is 2.43. The fraction of sp³-hybridized carbons (Fsp3) is 0.600. The number of aliphatic hydroxyl groups is 1. The largest absolute Gasteiger partial charge is 0.491 e. The van der Waals surface area contributed by atoms with Crippen molar-refractivity contribution < 1.29 is 9.84 Å². The molecule has 3 N–H and O–H groups in total. The molecule has 3 unspecified atom stereocenters. The molecule has 3 atom stereocenters. The number of thioether (sulfide) groups is 1. The highest BCUT2D eigenvalue weighted by molar-refractivity contribution is 8.00. The van der Waals surface area contributed by atoms with Gasteiger partial charge in [-0.25, -0.2) is 0 Å². The van der Waals surface area contributed by atoms with Gasteiger partial charge in [0.15, 0.2) is 0 Å². The van der Waals surface area contributed by atoms with Gasteiger partial charge in [0.1, 0.15) is 18.5 Å². The van der Waals surface area contributed by atoms with Gasteiger partial charge in [0.2, 0.25) is 0 Å². The molecule has 1 saturated heterocycles. The number of hydrogen-bond donors (Lipinski definition) is 2. The van der Waals surface area contributed by atoms with Gasteiger partial charge in [-0.15, -0.1) is 0 Å². The summed E-state index contributed by atoms with van der Waals surface area (Å²) in [6.07, 6.45) is -0.467. The highest BCUT2D eigenvalue weighted by Gasteiger charge is 2.26. The van der Waals surface area contributed by atoms with E-state index in [0.717, 1.165) is 18.0 Å². The van der Waals surface area contributed by atoms with E-state index < -0.39 is 6.10 Å². The minimum absolute atomic E-state index is 0.314. The Morgan fingerprint density at radius 3 is 2.80 bits per heavy atom. The summed E-state index contributed by atoms with van der Waals surface area (Å²) in [5, 5.41) is 10.7. The molecule has 1 aliphatic heterocycles. The van der Waals surface area contributed by atoms with Crippen LogP contribution >= 0.6 is 11.8 Å². The third-order valence-corrected chi connectivity index (χ3v) is 5.12. The Labute approximate surface area is 125 Å². The second kappa shape index (κ2) is 7.20. The van der Waals surface area contributed by atoms with Crippen molar-refractivity contribution >= 4 is 17.4 Å². The van der Waals surface area contributed by atoms with Gasteiger partial charge >= 0.3 is 0 Å². The number of β-amino-alcohol motifs (C(OH)–C–C–N with tert-alkyl or cyclic N) is 1. The van der Waals surface area contributed by atoms with Crippen molar-refractivity contribution in [3.63, 3.8) is 0 Å². The SMILES string of the molecule is CC1SCCN(CC(O)COc2ccc(N)cc2)C1C. The zero-order valence-corrected chi connectivity index (χ0v) is 13.0. The zero-order valence-electron chi connectivity index (χ0n) is 12.2. The van der Waals surface area contributed by atoms with E-state index in [2.05, 4.69) is 18.7 Å². The molecule has 0 aromatic heterocycles.